The second-order valence-corrected chi connectivity index (χ2v) is 6.37. The lowest BCUT2D eigenvalue weighted by Gasteiger charge is -2.27. The van der Waals surface area contributed by atoms with Crippen LogP contribution in [0.5, 0.6) is 0 Å². The van der Waals surface area contributed by atoms with E-state index in [1.165, 1.54) is 11.1 Å². The quantitative estimate of drug-likeness (QED) is 0.894. The summed E-state index contributed by atoms with van der Waals surface area (Å²) >= 11 is 0. The van der Waals surface area contributed by atoms with E-state index in [1.807, 2.05) is 17.0 Å². The van der Waals surface area contributed by atoms with E-state index in [2.05, 4.69) is 45.1 Å². The molecule has 20 heavy (non-hydrogen) atoms. The van der Waals surface area contributed by atoms with Crippen molar-refractivity contribution in [2.45, 2.75) is 40.2 Å². The summed E-state index contributed by atoms with van der Waals surface area (Å²) in [5.74, 6) is 0.997. The first-order valence-corrected chi connectivity index (χ1v) is 7.60. The van der Waals surface area contributed by atoms with Crippen molar-refractivity contribution < 1.29 is 4.79 Å². The largest absolute Gasteiger partial charge is 0.331 e. The molecule has 3 heteroatoms. The van der Waals surface area contributed by atoms with Gasteiger partial charge in [-0.2, -0.15) is 0 Å². The van der Waals surface area contributed by atoms with Crippen molar-refractivity contribution in [3.05, 3.63) is 35.4 Å². The van der Waals surface area contributed by atoms with Gasteiger partial charge >= 0.3 is 6.03 Å². The molecule has 2 unspecified atom stereocenters. The lowest BCUT2D eigenvalue weighted by Crippen LogP contribution is -2.42. The number of benzene rings is 1. The Morgan fingerprint density at radius 2 is 2.05 bits per heavy atom. The number of rotatable bonds is 3. The van der Waals surface area contributed by atoms with Crippen LogP contribution < -0.4 is 5.32 Å². The zero-order valence-electron chi connectivity index (χ0n) is 13.0. The first-order chi connectivity index (χ1) is 9.49. The zero-order chi connectivity index (χ0) is 14.7. The van der Waals surface area contributed by atoms with Crippen molar-refractivity contribution in [3.8, 4) is 0 Å². The Morgan fingerprint density at radius 1 is 1.35 bits per heavy atom. The van der Waals surface area contributed by atoms with Crippen molar-refractivity contribution in [1.29, 1.82) is 0 Å². The number of aryl methyl sites for hydroxylation is 1. The van der Waals surface area contributed by atoms with Crippen LogP contribution in [0.15, 0.2) is 24.3 Å². The van der Waals surface area contributed by atoms with Crippen molar-refractivity contribution in [1.82, 2.24) is 10.2 Å². The van der Waals surface area contributed by atoms with E-state index in [1.54, 1.807) is 0 Å². The van der Waals surface area contributed by atoms with Crippen LogP contribution in [0.3, 0.4) is 0 Å². The molecule has 2 atom stereocenters. The summed E-state index contributed by atoms with van der Waals surface area (Å²) in [7, 11) is 0. The minimum Gasteiger partial charge on any atom is -0.331 e. The Kier molecular flexibility index (Phi) is 4.69. The van der Waals surface area contributed by atoms with Crippen molar-refractivity contribution in [2.75, 3.05) is 13.1 Å². The summed E-state index contributed by atoms with van der Waals surface area (Å²) < 4.78 is 0. The number of likely N-dealkylation sites (tertiary alicyclic amines) is 1. The van der Waals surface area contributed by atoms with Gasteiger partial charge in [-0.3, -0.25) is 0 Å². The van der Waals surface area contributed by atoms with Gasteiger partial charge in [-0.05, 0) is 36.3 Å². The molecular formula is C17H26N2O. The van der Waals surface area contributed by atoms with Gasteiger partial charge in [-0.1, -0.05) is 45.0 Å². The fourth-order valence-electron chi connectivity index (χ4n) is 2.88. The predicted octanol–water partition coefficient (Wildman–Crippen LogP) is 3.74. The highest BCUT2D eigenvalue weighted by atomic mass is 16.2. The van der Waals surface area contributed by atoms with Gasteiger partial charge in [0.1, 0.15) is 0 Å². The number of hydrogen-bond donors (Lipinski definition) is 1. The summed E-state index contributed by atoms with van der Waals surface area (Å²) in [4.78, 5) is 14.3. The first kappa shape index (κ1) is 14.9. The standard InChI is InChI=1S/C17H26N2O/c1-12(2)16(15-8-6-5-7-14(15)4)18-17(20)19-10-9-13(3)11-19/h5-8,12-13,16H,9-11H2,1-4H3,(H,18,20). The number of hydrogen-bond acceptors (Lipinski definition) is 1. The van der Waals surface area contributed by atoms with Crippen molar-refractivity contribution >= 4 is 6.03 Å². The SMILES string of the molecule is Cc1ccccc1C(NC(=O)N1CCC(C)C1)C(C)C. The molecule has 1 aromatic carbocycles. The zero-order valence-corrected chi connectivity index (χ0v) is 13.0. The number of carbonyl (C=O) groups excluding carboxylic acids is 1. The van der Waals surface area contributed by atoms with Crippen LogP contribution in [-0.4, -0.2) is 24.0 Å². The second kappa shape index (κ2) is 6.29. The van der Waals surface area contributed by atoms with Crippen molar-refractivity contribution in [2.24, 2.45) is 11.8 Å². The summed E-state index contributed by atoms with van der Waals surface area (Å²) in [5.41, 5.74) is 2.46. The smallest absolute Gasteiger partial charge is 0.317 e. The molecule has 1 saturated heterocycles. The van der Waals surface area contributed by atoms with Crippen LogP contribution in [0.4, 0.5) is 4.79 Å². The minimum absolute atomic E-state index is 0.0799. The molecule has 1 N–H and O–H groups in total. The summed E-state index contributed by atoms with van der Waals surface area (Å²) in [6.45, 7) is 10.4. The maximum absolute atomic E-state index is 12.4. The number of amides is 2. The maximum Gasteiger partial charge on any atom is 0.317 e. The topological polar surface area (TPSA) is 32.3 Å². The van der Waals surface area contributed by atoms with Gasteiger partial charge in [0.25, 0.3) is 0 Å². The number of nitrogens with zero attached hydrogens (tertiary/aromatic N) is 1. The van der Waals surface area contributed by atoms with Crippen molar-refractivity contribution in [3.63, 3.8) is 0 Å². The molecule has 1 aliphatic heterocycles. The fraction of sp³-hybridized carbons (Fsp3) is 0.588. The number of urea groups is 1. The normalized spacial score (nSPS) is 20.2. The van der Waals surface area contributed by atoms with E-state index in [0.717, 1.165) is 19.5 Å². The summed E-state index contributed by atoms with van der Waals surface area (Å²) in [5, 5.41) is 3.22. The van der Waals surface area contributed by atoms with Crippen LogP contribution in [0.2, 0.25) is 0 Å². The van der Waals surface area contributed by atoms with Crippen LogP contribution in [0.1, 0.15) is 44.4 Å². The van der Waals surface area contributed by atoms with E-state index in [0.29, 0.717) is 11.8 Å². The fourth-order valence-corrected chi connectivity index (χ4v) is 2.88. The highest BCUT2D eigenvalue weighted by molar-refractivity contribution is 5.75. The molecular weight excluding hydrogens is 248 g/mol. The van der Waals surface area contributed by atoms with Gasteiger partial charge in [0.2, 0.25) is 0 Å². The predicted molar refractivity (Wildman–Crippen MR) is 82.6 cm³/mol. The summed E-state index contributed by atoms with van der Waals surface area (Å²) in [6.07, 6.45) is 1.12. The van der Waals surface area contributed by atoms with Gasteiger partial charge in [-0.25, -0.2) is 4.79 Å². The molecule has 0 radical (unpaired) electrons. The van der Waals surface area contributed by atoms with Gasteiger partial charge < -0.3 is 10.2 Å². The Hall–Kier alpha value is -1.51. The monoisotopic (exact) mass is 274 g/mol. The van der Waals surface area contributed by atoms with Crippen LogP contribution in [0, 0.1) is 18.8 Å². The van der Waals surface area contributed by atoms with E-state index < -0.39 is 0 Å². The Bertz CT molecular complexity index is 470. The lowest BCUT2D eigenvalue weighted by molar-refractivity contribution is 0.199. The molecule has 2 amide bonds. The van der Waals surface area contributed by atoms with Crippen LogP contribution in [0.25, 0.3) is 0 Å². The van der Waals surface area contributed by atoms with Gasteiger partial charge in [0, 0.05) is 13.1 Å². The molecule has 0 bridgehead atoms. The maximum atomic E-state index is 12.4. The third-order valence-corrected chi connectivity index (χ3v) is 4.18. The molecule has 1 aliphatic rings. The molecule has 2 rings (SSSR count). The third-order valence-electron chi connectivity index (χ3n) is 4.18. The molecule has 1 aromatic rings. The average Bonchev–Trinajstić information content (AvgIpc) is 2.83. The van der Waals surface area contributed by atoms with E-state index >= 15 is 0 Å². The Morgan fingerprint density at radius 3 is 2.60 bits per heavy atom. The highest BCUT2D eigenvalue weighted by Gasteiger charge is 2.26. The molecule has 110 valence electrons. The van der Waals surface area contributed by atoms with E-state index in [4.69, 9.17) is 0 Å². The van der Waals surface area contributed by atoms with E-state index in [9.17, 15) is 4.79 Å². The molecule has 1 fully saturated rings. The van der Waals surface area contributed by atoms with Gasteiger partial charge in [0.15, 0.2) is 0 Å². The molecule has 0 saturated carbocycles. The molecule has 1 heterocycles. The van der Waals surface area contributed by atoms with E-state index in [-0.39, 0.29) is 12.1 Å². The van der Waals surface area contributed by atoms with Crippen LogP contribution in [-0.2, 0) is 0 Å². The molecule has 0 aromatic heterocycles. The lowest BCUT2D eigenvalue weighted by atomic mass is 9.93. The minimum atomic E-state index is 0.0799. The molecule has 0 aliphatic carbocycles. The highest BCUT2D eigenvalue weighted by Crippen LogP contribution is 2.25. The van der Waals surface area contributed by atoms with Gasteiger partial charge in [0.05, 0.1) is 6.04 Å². The molecule has 3 nitrogen and oxygen atoms in total. The third kappa shape index (κ3) is 3.33. The Balaban J connectivity index is 2.10. The number of nitrogens with one attached hydrogen (secondary N) is 1. The number of carbonyl (C=O) groups is 1. The Labute approximate surface area is 122 Å². The molecule has 0 spiro atoms. The summed E-state index contributed by atoms with van der Waals surface area (Å²) in [6, 6.07) is 8.47. The van der Waals surface area contributed by atoms with Crippen LogP contribution >= 0.6 is 0 Å². The average molecular weight is 274 g/mol. The van der Waals surface area contributed by atoms with Gasteiger partial charge in [-0.15, -0.1) is 0 Å². The second-order valence-electron chi connectivity index (χ2n) is 6.37. The first-order valence-electron chi connectivity index (χ1n) is 7.60.